The molecule has 1 unspecified atom stereocenters. The number of aryl methyl sites for hydroxylation is 1. The van der Waals surface area contributed by atoms with Gasteiger partial charge in [0.05, 0.1) is 39.3 Å². The molecular weight excluding hydrogens is 442 g/mol. The highest BCUT2D eigenvalue weighted by atomic mass is 79.9. The molecule has 0 fully saturated rings. The van der Waals surface area contributed by atoms with Gasteiger partial charge in [0.25, 0.3) is 12.1 Å². The van der Waals surface area contributed by atoms with Gasteiger partial charge in [0, 0.05) is 17.8 Å². The molecule has 1 aromatic heterocycles. The summed E-state index contributed by atoms with van der Waals surface area (Å²) in [6, 6.07) is 3.43. The molecule has 28 heavy (non-hydrogen) atoms. The number of ether oxygens (including phenoxy) is 1. The van der Waals surface area contributed by atoms with E-state index >= 15 is 0 Å². The second kappa shape index (κ2) is 9.09. The van der Waals surface area contributed by atoms with Gasteiger partial charge in [-0.3, -0.25) is 19.6 Å². The van der Waals surface area contributed by atoms with Crippen molar-refractivity contribution in [2.45, 2.75) is 33.7 Å². The van der Waals surface area contributed by atoms with Crippen LogP contribution in [0.2, 0.25) is 0 Å². The molecule has 0 aliphatic rings. The minimum Gasteiger partial charge on any atom is -0.487 e. The zero-order valence-corrected chi connectivity index (χ0v) is 17.0. The summed E-state index contributed by atoms with van der Waals surface area (Å²) in [6.07, 6.45) is -2.72. The molecule has 1 aromatic carbocycles. The molecule has 1 N–H and O–H groups in total. The lowest BCUT2D eigenvalue weighted by Gasteiger charge is -2.14. The number of non-ortho nitro benzene ring substituents is 1. The highest BCUT2D eigenvalue weighted by molar-refractivity contribution is 9.10. The van der Waals surface area contributed by atoms with Gasteiger partial charge in [0.2, 0.25) is 5.91 Å². The van der Waals surface area contributed by atoms with Gasteiger partial charge in [0.1, 0.15) is 12.4 Å². The summed E-state index contributed by atoms with van der Waals surface area (Å²) in [4.78, 5) is 22.8. The first-order valence-corrected chi connectivity index (χ1v) is 9.08. The number of aromatic nitrogens is 2. The molecule has 0 saturated carbocycles. The maximum absolute atomic E-state index is 12.5. The van der Waals surface area contributed by atoms with Crippen LogP contribution in [0.5, 0.6) is 5.75 Å². The van der Waals surface area contributed by atoms with Gasteiger partial charge in [0.15, 0.2) is 0 Å². The minimum atomic E-state index is -2.72. The number of hydrogen-bond donors (Lipinski definition) is 1. The number of nitro benzene ring substituents is 1. The molecule has 2 aromatic rings. The van der Waals surface area contributed by atoms with Crippen LogP contribution in [-0.4, -0.2) is 33.6 Å². The average Bonchev–Trinajstić information content (AvgIpc) is 2.86. The lowest BCUT2D eigenvalue weighted by atomic mass is 10.1. The Kier molecular flexibility index (Phi) is 7.05. The molecule has 1 atom stereocenters. The number of alkyl halides is 2. The van der Waals surface area contributed by atoms with Crippen molar-refractivity contribution in [1.82, 2.24) is 9.78 Å². The van der Waals surface area contributed by atoms with Crippen molar-refractivity contribution in [2.75, 3.05) is 11.9 Å². The van der Waals surface area contributed by atoms with Gasteiger partial charge in [-0.1, -0.05) is 6.92 Å². The van der Waals surface area contributed by atoms with Gasteiger partial charge in [-0.25, -0.2) is 8.78 Å². The minimum absolute atomic E-state index is 0.0878. The number of nitrogens with zero attached hydrogens (tertiary/aromatic N) is 3. The lowest BCUT2D eigenvalue weighted by Crippen LogP contribution is -2.25. The van der Waals surface area contributed by atoms with Gasteiger partial charge in [-0.05, 0) is 29.8 Å². The molecule has 0 aliphatic heterocycles. The monoisotopic (exact) mass is 460 g/mol. The Labute approximate surface area is 168 Å². The molecule has 0 bridgehead atoms. The second-order valence-electron chi connectivity index (χ2n) is 6.23. The van der Waals surface area contributed by atoms with E-state index in [1.807, 2.05) is 13.8 Å². The Balaban J connectivity index is 2.14. The summed E-state index contributed by atoms with van der Waals surface area (Å²) < 4.78 is 32.0. The highest BCUT2D eigenvalue weighted by Gasteiger charge is 2.19. The van der Waals surface area contributed by atoms with Crippen molar-refractivity contribution in [1.29, 1.82) is 0 Å². The molecule has 0 radical (unpaired) electrons. The molecule has 1 amide bonds. The van der Waals surface area contributed by atoms with Gasteiger partial charge >= 0.3 is 0 Å². The van der Waals surface area contributed by atoms with E-state index in [-0.39, 0.29) is 17.1 Å². The molecular formula is C17H19BrF2N4O4. The van der Waals surface area contributed by atoms with Gasteiger partial charge in [-0.15, -0.1) is 0 Å². The first kappa shape index (κ1) is 21.7. The highest BCUT2D eigenvalue weighted by Crippen LogP contribution is 2.27. The van der Waals surface area contributed by atoms with Crippen LogP contribution in [0.25, 0.3) is 0 Å². The Hall–Kier alpha value is -2.56. The quantitative estimate of drug-likeness (QED) is 0.472. The predicted octanol–water partition coefficient (Wildman–Crippen LogP) is 4.09. The third-order valence-corrected chi connectivity index (χ3v) is 5.08. The SMILES string of the molecule is Cc1nn(CC(C)C(=O)Nc2cc(OCC(F)F)cc([N+](=O)[O-])c2)c(C)c1Br. The second-order valence-corrected chi connectivity index (χ2v) is 7.02. The third-order valence-electron chi connectivity index (χ3n) is 3.93. The number of nitrogens with one attached hydrogen (secondary N) is 1. The summed E-state index contributed by atoms with van der Waals surface area (Å²) in [5, 5.41) is 18.0. The average molecular weight is 461 g/mol. The zero-order valence-electron chi connectivity index (χ0n) is 15.4. The smallest absolute Gasteiger partial charge is 0.275 e. The number of hydrogen-bond acceptors (Lipinski definition) is 5. The normalized spacial score (nSPS) is 12.1. The number of benzene rings is 1. The van der Waals surface area contributed by atoms with E-state index in [0.717, 1.165) is 28.0 Å². The van der Waals surface area contributed by atoms with E-state index in [4.69, 9.17) is 4.74 Å². The number of halogens is 3. The Morgan fingerprint density at radius 3 is 2.61 bits per heavy atom. The molecule has 0 saturated heterocycles. The largest absolute Gasteiger partial charge is 0.487 e. The summed E-state index contributed by atoms with van der Waals surface area (Å²) in [6.45, 7) is 4.78. The molecule has 11 heteroatoms. The molecule has 0 aliphatic carbocycles. The van der Waals surface area contributed by atoms with Crippen molar-refractivity contribution < 1.29 is 23.2 Å². The number of carbonyl (C=O) groups excluding carboxylic acids is 1. The third kappa shape index (κ3) is 5.47. The number of rotatable bonds is 8. The fourth-order valence-electron chi connectivity index (χ4n) is 2.46. The Bertz CT molecular complexity index is 888. The van der Waals surface area contributed by atoms with Crippen LogP contribution in [0, 0.1) is 29.9 Å². The first-order valence-electron chi connectivity index (χ1n) is 8.29. The Morgan fingerprint density at radius 1 is 1.39 bits per heavy atom. The van der Waals surface area contributed by atoms with E-state index < -0.39 is 29.8 Å². The summed E-state index contributed by atoms with van der Waals surface area (Å²) in [5.41, 5.74) is 1.38. The van der Waals surface area contributed by atoms with Crippen LogP contribution in [0.3, 0.4) is 0 Å². The molecule has 2 rings (SSSR count). The van der Waals surface area contributed by atoms with Crippen molar-refractivity contribution in [2.24, 2.45) is 5.92 Å². The molecule has 1 heterocycles. The van der Waals surface area contributed by atoms with Crippen LogP contribution in [0.4, 0.5) is 20.2 Å². The fourth-order valence-corrected chi connectivity index (χ4v) is 2.75. The van der Waals surface area contributed by atoms with Crippen LogP contribution in [0.15, 0.2) is 22.7 Å². The number of anilines is 1. The van der Waals surface area contributed by atoms with Crippen molar-refractivity contribution in [3.8, 4) is 5.75 Å². The first-order chi connectivity index (χ1) is 13.1. The molecule has 152 valence electrons. The van der Waals surface area contributed by atoms with E-state index in [9.17, 15) is 23.7 Å². The van der Waals surface area contributed by atoms with Crippen LogP contribution >= 0.6 is 15.9 Å². The maximum atomic E-state index is 12.5. The van der Waals surface area contributed by atoms with Crippen LogP contribution in [-0.2, 0) is 11.3 Å². The number of amides is 1. The zero-order chi connectivity index (χ0) is 21.0. The van der Waals surface area contributed by atoms with Crippen molar-refractivity contribution in [3.63, 3.8) is 0 Å². The summed E-state index contributed by atoms with van der Waals surface area (Å²) in [5.74, 6) is -1.03. The topological polar surface area (TPSA) is 99.3 Å². The summed E-state index contributed by atoms with van der Waals surface area (Å²) in [7, 11) is 0. The van der Waals surface area contributed by atoms with Crippen molar-refractivity contribution >= 4 is 33.2 Å². The van der Waals surface area contributed by atoms with E-state index in [1.165, 1.54) is 6.07 Å². The number of nitro groups is 1. The number of carbonyl (C=O) groups is 1. The fraction of sp³-hybridized carbons (Fsp3) is 0.412. The molecule has 0 spiro atoms. The lowest BCUT2D eigenvalue weighted by molar-refractivity contribution is -0.384. The summed E-state index contributed by atoms with van der Waals surface area (Å²) >= 11 is 3.42. The molecule has 8 nitrogen and oxygen atoms in total. The van der Waals surface area contributed by atoms with E-state index in [2.05, 4.69) is 26.3 Å². The maximum Gasteiger partial charge on any atom is 0.275 e. The standard InChI is InChI=1S/C17H19BrF2N4O4/c1-9(7-23-11(3)16(18)10(2)22-23)17(25)21-12-4-13(24(26)27)6-14(5-12)28-8-15(19)20/h4-6,9,15H,7-8H2,1-3H3,(H,21,25). The Morgan fingerprint density at radius 2 is 2.07 bits per heavy atom. The van der Waals surface area contributed by atoms with E-state index in [1.54, 1.807) is 11.6 Å². The van der Waals surface area contributed by atoms with Crippen LogP contribution in [0.1, 0.15) is 18.3 Å². The van der Waals surface area contributed by atoms with Crippen molar-refractivity contribution in [3.05, 3.63) is 44.2 Å². The van der Waals surface area contributed by atoms with Gasteiger partial charge < -0.3 is 10.1 Å². The predicted molar refractivity (Wildman–Crippen MR) is 102 cm³/mol. The van der Waals surface area contributed by atoms with Gasteiger partial charge in [-0.2, -0.15) is 5.10 Å². The van der Waals surface area contributed by atoms with Crippen LogP contribution < -0.4 is 10.1 Å². The van der Waals surface area contributed by atoms with E-state index in [0.29, 0.717) is 6.54 Å².